The molecule has 2 aromatic carbocycles. The van der Waals surface area contributed by atoms with Crippen LogP contribution in [0.3, 0.4) is 0 Å². The maximum absolute atomic E-state index is 11.4. The smallest absolute Gasteiger partial charge is 0.211 e. The van der Waals surface area contributed by atoms with Crippen LogP contribution in [0.25, 0.3) is 0 Å². The summed E-state index contributed by atoms with van der Waals surface area (Å²) in [6.45, 7) is -0.279. The highest BCUT2D eigenvalue weighted by atomic mass is 35.5. The number of halogens is 1. The van der Waals surface area contributed by atoms with Crippen molar-refractivity contribution in [2.45, 2.75) is 11.8 Å². The van der Waals surface area contributed by atoms with Crippen LogP contribution in [0, 0.1) is 10.1 Å². The van der Waals surface area contributed by atoms with E-state index in [-0.39, 0.29) is 17.2 Å². The van der Waals surface area contributed by atoms with Gasteiger partial charge in [0.15, 0.2) is 12.0 Å². The first-order chi connectivity index (χ1) is 12.6. The molecule has 0 saturated carbocycles. The molecule has 6 heteroatoms. The summed E-state index contributed by atoms with van der Waals surface area (Å²) in [6.07, 6.45) is 0.621. The van der Waals surface area contributed by atoms with E-state index in [1.165, 1.54) is 0 Å². The van der Waals surface area contributed by atoms with Gasteiger partial charge in [-0.1, -0.05) is 54.1 Å². The van der Waals surface area contributed by atoms with Gasteiger partial charge in [0.05, 0.1) is 11.8 Å². The monoisotopic (exact) mass is 369 g/mol. The SMILES string of the molecule is O=Cc1ccc([C@H](c2ccccc2)[C@@H](C[N+](=O)[O-])c2ccc(Cl)cc2)o1. The molecule has 0 fully saturated rings. The predicted molar refractivity (Wildman–Crippen MR) is 98.4 cm³/mol. The summed E-state index contributed by atoms with van der Waals surface area (Å²) in [5, 5.41) is 11.9. The molecule has 3 rings (SSSR count). The highest BCUT2D eigenvalue weighted by Crippen LogP contribution is 2.39. The molecular formula is C20H16ClNO4. The van der Waals surface area contributed by atoms with E-state index in [2.05, 4.69) is 0 Å². The minimum atomic E-state index is -0.477. The van der Waals surface area contributed by atoms with Crippen LogP contribution in [0.1, 0.15) is 39.3 Å². The third-order valence-electron chi connectivity index (χ3n) is 4.28. The third-order valence-corrected chi connectivity index (χ3v) is 4.53. The molecule has 0 saturated heterocycles. The molecule has 1 heterocycles. The van der Waals surface area contributed by atoms with E-state index in [9.17, 15) is 14.9 Å². The predicted octanol–water partition coefficient (Wildman–Crippen LogP) is 4.94. The number of benzene rings is 2. The summed E-state index contributed by atoms with van der Waals surface area (Å²) in [4.78, 5) is 22.1. The fourth-order valence-corrected chi connectivity index (χ4v) is 3.25. The first-order valence-electron chi connectivity index (χ1n) is 8.05. The maximum atomic E-state index is 11.4. The second-order valence-corrected chi connectivity index (χ2v) is 6.36. The summed E-state index contributed by atoms with van der Waals surface area (Å²) >= 11 is 5.97. The van der Waals surface area contributed by atoms with Gasteiger partial charge in [-0.3, -0.25) is 14.9 Å². The van der Waals surface area contributed by atoms with Crippen molar-refractivity contribution >= 4 is 17.9 Å². The second kappa shape index (κ2) is 7.97. The average Bonchev–Trinajstić information content (AvgIpc) is 3.11. The molecule has 0 radical (unpaired) electrons. The zero-order valence-corrected chi connectivity index (χ0v) is 14.5. The number of carbonyl (C=O) groups excluding carboxylic acids is 1. The van der Waals surface area contributed by atoms with Crippen molar-refractivity contribution in [3.05, 3.63) is 105 Å². The number of hydrogen-bond acceptors (Lipinski definition) is 4. The van der Waals surface area contributed by atoms with Crippen LogP contribution in [0.15, 0.2) is 71.1 Å². The summed E-state index contributed by atoms with van der Waals surface area (Å²) in [6, 6.07) is 19.7. The standard InChI is InChI=1S/C20H16ClNO4/c21-16-8-6-14(7-9-16)18(12-22(24)25)20(15-4-2-1-3-5-15)19-11-10-17(13-23)26-19/h1-11,13,18,20H,12H2/t18-,20+/m0/s1. The molecule has 0 aliphatic carbocycles. The minimum Gasteiger partial charge on any atom is -0.458 e. The largest absolute Gasteiger partial charge is 0.458 e. The number of rotatable bonds is 7. The minimum absolute atomic E-state index is 0.192. The highest BCUT2D eigenvalue weighted by Gasteiger charge is 2.33. The zero-order chi connectivity index (χ0) is 18.5. The number of nitrogens with zero attached hydrogens (tertiary/aromatic N) is 1. The number of furan rings is 1. The van der Waals surface area contributed by atoms with E-state index in [4.69, 9.17) is 16.0 Å². The van der Waals surface area contributed by atoms with E-state index >= 15 is 0 Å². The van der Waals surface area contributed by atoms with Crippen molar-refractivity contribution < 1.29 is 14.1 Å². The van der Waals surface area contributed by atoms with Gasteiger partial charge in [0.1, 0.15) is 5.76 Å². The Labute approximate surface area is 155 Å². The molecule has 2 atom stereocenters. The molecule has 0 N–H and O–H groups in total. The van der Waals surface area contributed by atoms with Gasteiger partial charge in [0, 0.05) is 9.95 Å². The lowest BCUT2D eigenvalue weighted by atomic mass is 9.80. The van der Waals surface area contributed by atoms with E-state index in [0.717, 1.165) is 11.1 Å². The Hall–Kier alpha value is -2.92. The van der Waals surface area contributed by atoms with Crippen LogP contribution in [0.4, 0.5) is 0 Å². The Morgan fingerprint density at radius 3 is 2.27 bits per heavy atom. The molecular weight excluding hydrogens is 354 g/mol. The Morgan fingerprint density at radius 2 is 1.69 bits per heavy atom. The van der Waals surface area contributed by atoms with Crippen molar-refractivity contribution in [2.24, 2.45) is 0 Å². The third kappa shape index (κ3) is 4.00. The molecule has 1 aromatic heterocycles. The molecule has 3 aromatic rings. The van der Waals surface area contributed by atoms with Gasteiger partial charge in [-0.05, 0) is 35.4 Å². The lowest BCUT2D eigenvalue weighted by molar-refractivity contribution is -0.483. The van der Waals surface area contributed by atoms with Crippen LogP contribution in [0.5, 0.6) is 0 Å². The fraction of sp³-hybridized carbons (Fsp3) is 0.150. The van der Waals surface area contributed by atoms with Gasteiger partial charge in [-0.2, -0.15) is 0 Å². The van der Waals surface area contributed by atoms with Gasteiger partial charge >= 0.3 is 0 Å². The fourth-order valence-electron chi connectivity index (χ4n) is 3.13. The van der Waals surface area contributed by atoms with Gasteiger partial charge in [0.2, 0.25) is 6.54 Å². The summed E-state index contributed by atoms with van der Waals surface area (Å²) < 4.78 is 5.64. The maximum Gasteiger partial charge on any atom is 0.211 e. The Kier molecular flexibility index (Phi) is 5.49. The molecule has 5 nitrogen and oxygen atoms in total. The normalized spacial score (nSPS) is 13.1. The molecule has 26 heavy (non-hydrogen) atoms. The van der Waals surface area contributed by atoms with Gasteiger partial charge in [0.25, 0.3) is 0 Å². The molecule has 0 aliphatic rings. The first kappa shape index (κ1) is 17.9. The lowest BCUT2D eigenvalue weighted by Crippen LogP contribution is -2.21. The molecule has 132 valence electrons. The Morgan fingerprint density at radius 1 is 1.00 bits per heavy atom. The van der Waals surface area contributed by atoms with E-state index in [1.54, 1.807) is 36.4 Å². The van der Waals surface area contributed by atoms with Crippen molar-refractivity contribution in [3.63, 3.8) is 0 Å². The van der Waals surface area contributed by atoms with Crippen LogP contribution < -0.4 is 0 Å². The van der Waals surface area contributed by atoms with Crippen LogP contribution in [0.2, 0.25) is 5.02 Å². The van der Waals surface area contributed by atoms with Gasteiger partial charge in [-0.15, -0.1) is 0 Å². The van der Waals surface area contributed by atoms with E-state index in [1.807, 2.05) is 30.3 Å². The molecule has 0 aliphatic heterocycles. The average molecular weight is 370 g/mol. The first-order valence-corrected chi connectivity index (χ1v) is 8.43. The number of carbonyl (C=O) groups is 1. The Bertz CT molecular complexity index is 890. The zero-order valence-electron chi connectivity index (χ0n) is 13.7. The quantitative estimate of drug-likeness (QED) is 0.336. The van der Waals surface area contributed by atoms with Crippen molar-refractivity contribution in [3.8, 4) is 0 Å². The Balaban J connectivity index is 2.13. The summed E-state index contributed by atoms with van der Waals surface area (Å²) in [7, 11) is 0. The van der Waals surface area contributed by atoms with Crippen molar-refractivity contribution in [1.29, 1.82) is 0 Å². The van der Waals surface area contributed by atoms with Crippen LogP contribution in [-0.2, 0) is 0 Å². The highest BCUT2D eigenvalue weighted by molar-refractivity contribution is 6.30. The number of aldehydes is 1. The molecule has 0 bridgehead atoms. The van der Waals surface area contributed by atoms with Crippen molar-refractivity contribution in [2.75, 3.05) is 6.54 Å². The molecule has 0 unspecified atom stereocenters. The second-order valence-electron chi connectivity index (χ2n) is 5.92. The van der Waals surface area contributed by atoms with Crippen LogP contribution in [-0.4, -0.2) is 17.8 Å². The molecule has 0 spiro atoms. The summed E-state index contributed by atoms with van der Waals surface area (Å²) in [5.74, 6) is -0.177. The van der Waals surface area contributed by atoms with Gasteiger partial charge in [-0.25, -0.2) is 0 Å². The lowest BCUT2D eigenvalue weighted by Gasteiger charge is -2.24. The van der Waals surface area contributed by atoms with E-state index in [0.29, 0.717) is 17.1 Å². The number of nitro groups is 1. The summed E-state index contributed by atoms with van der Waals surface area (Å²) in [5.41, 5.74) is 1.66. The number of hydrogen-bond donors (Lipinski definition) is 0. The van der Waals surface area contributed by atoms with Crippen LogP contribution >= 0.6 is 11.6 Å². The van der Waals surface area contributed by atoms with Gasteiger partial charge < -0.3 is 4.42 Å². The van der Waals surface area contributed by atoms with Crippen molar-refractivity contribution in [1.82, 2.24) is 0 Å². The topological polar surface area (TPSA) is 73.3 Å². The van der Waals surface area contributed by atoms with E-state index < -0.39 is 11.8 Å². The molecule has 0 amide bonds.